The van der Waals surface area contributed by atoms with Gasteiger partial charge in [-0.2, -0.15) is 0 Å². The minimum Gasteiger partial charge on any atom is -0.495 e. The molecule has 1 heterocycles. The van der Waals surface area contributed by atoms with Crippen molar-refractivity contribution in [3.8, 4) is 5.75 Å². The van der Waals surface area contributed by atoms with Crippen molar-refractivity contribution in [3.63, 3.8) is 0 Å². The highest BCUT2D eigenvalue weighted by Crippen LogP contribution is 2.45. The van der Waals surface area contributed by atoms with Gasteiger partial charge in [0.25, 0.3) is 5.91 Å². The summed E-state index contributed by atoms with van der Waals surface area (Å²) in [5.74, 6) is 1.07. The maximum atomic E-state index is 12.5. The number of fused-ring (bicyclic) bond motifs is 1. The average molecular weight is 417 g/mol. The van der Waals surface area contributed by atoms with Gasteiger partial charge in [0, 0.05) is 31.2 Å². The van der Waals surface area contributed by atoms with Gasteiger partial charge in [0.15, 0.2) is 0 Å². The molecule has 8 heteroatoms. The molecule has 164 valence electrons. The molecule has 2 saturated carbocycles. The molecule has 1 saturated heterocycles. The Morgan fingerprint density at radius 1 is 1.23 bits per heavy atom. The Balaban J connectivity index is 1.17. The summed E-state index contributed by atoms with van der Waals surface area (Å²) >= 11 is 0. The van der Waals surface area contributed by atoms with Crippen molar-refractivity contribution in [1.82, 2.24) is 10.2 Å². The fraction of sp³-hybridized carbons (Fsp3) is 0.636. The van der Waals surface area contributed by atoms with Crippen molar-refractivity contribution in [1.29, 1.82) is 0 Å². The number of rotatable bonds is 8. The van der Waals surface area contributed by atoms with E-state index in [9.17, 15) is 9.59 Å². The van der Waals surface area contributed by atoms with Crippen molar-refractivity contribution in [2.75, 3.05) is 32.5 Å². The van der Waals surface area contributed by atoms with Crippen LogP contribution in [0.25, 0.3) is 0 Å². The first kappa shape index (κ1) is 20.9. The minimum atomic E-state index is -0.557. The number of nitrogen functional groups attached to an aromatic ring is 1. The summed E-state index contributed by atoms with van der Waals surface area (Å²) < 4.78 is 10.7. The van der Waals surface area contributed by atoms with Gasteiger partial charge in [-0.3, -0.25) is 9.59 Å². The topological polar surface area (TPSA) is 120 Å². The first-order valence-corrected chi connectivity index (χ1v) is 10.9. The largest absolute Gasteiger partial charge is 0.495 e. The minimum absolute atomic E-state index is 0.0633. The number of anilines is 1. The number of carbonyl (C=O) groups excluding carboxylic acids is 2. The van der Waals surface area contributed by atoms with Crippen LogP contribution in [0.15, 0.2) is 18.2 Å². The number of hydrogen-bond acceptors (Lipinski definition) is 7. The zero-order valence-corrected chi connectivity index (χ0v) is 17.5. The molecule has 5 N–H and O–H groups in total. The summed E-state index contributed by atoms with van der Waals surface area (Å²) in [6.07, 6.45) is 4.86. The molecule has 3 fully saturated rings. The van der Waals surface area contributed by atoms with Crippen molar-refractivity contribution in [3.05, 3.63) is 23.8 Å². The summed E-state index contributed by atoms with van der Waals surface area (Å²) in [5, 5.41) is 3.13. The van der Waals surface area contributed by atoms with Gasteiger partial charge in [-0.05, 0) is 62.1 Å². The highest BCUT2D eigenvalue weighted by molar-refractivity contribution is 5.95. The van der Waals surface area contributed by atoms with Crippen LogP contribution in [0.3, 0.4) is 0 Å². The van der Waals surface area contributed by atoms with E-state index in [0.717, 1.165) is 45.3 Å². The van der Waals surface area contributed by atoms with Gasteiger partial charge >= 0.3 is 5.97 Å². The Morgan fingerprint density at radius 3 is 2.60 bits per heavy atom. The fourth-order valence-corrected chi connectivity index (χ4v) is 4.79. The number of piperidine rings is 1. The monoisotopic (exact) mass is 416 g/mol. The Labute approximate surface area is 177 Å². The quantitative estimate of drug-likeness (QED) is 0.429. The van der Waals surface area contributed by atoms with Crippen molar-refractivity contribution >= 4 is 17.6 Å². The van der Waals surface area contributed by atoms with Crippen LogP contribution in [0.5, 0.6) is 5.75 Å². The molecule has 1 aromatic carbocycles. The highest BCUT2D eigenvalue weighted by Gasteiger charge is 2.56. The van der Waals surface area contributed by atoms with Gasteiger partial charge in [0.2, 0.25) is 0 Å². The van der Waals surface area contributed by atoms with Crippen LogP contribution in [0.4, 0.5) is 5.69 Å². The van der Waals surface area contributed by atoms with Crippen LogP contribution in [0.2, 0.25) is 0 Å². The third-order valence-electron chi connectivity index (χ3n) is 6.71. The molecule has 0 spiro atoms. The molecule has 8 nitrogen and oxygen atoms in total. The molecule has 0 aromatic heterocycles. The lowest BCUT2D eigenvalue weighted by atomic mass is 10.1. The predicted molar refractivity (Wildman–Crippen MR) is 113 cm³/mol. The van der Waals surface area contributed by atoms with Crippen LogP contribution in [0.1, 0.15) is 42.5 Å². The normalized spacial score (nSPS) is 26.8. The third-order valence-corrected chi connectivity index (χ3v) is 6.71. The number of ether oxygens (including phenoxy) is 2. The molecule has 2 unspecified atom stereocenters. The van der Waals surface area contributed by atoms with E-state index in [0.29, 0.717) is 35.3 Å². The molecular formula is C22H32N4O4. The summed E-state index contributed by atoms with van der Waals surface area (Å²) in [7, 11) is 1.54. The Morgan fingerprint density at radius 2 is 1.93 bits per heavy atom. The van der Waals surface area contributed by atoms with E-state index < -0.39 is 6.04 Å². The smallest absolute Gasteiger partial charge is 0.323 e. The molecule has 3 aliphatic rings. The molecule has 3 atom stereocenters. The van der Waals surface area contributed by atoms with Crippen LogP contribution in [-0.4, -0.2) is 61.7 Å². The Kier molecular flexibility index (Phi) is 6.15. The van der Waals surface area contributed by atoms with Gasteiger partial charge in [0.05, 0.1) is 12.8 Å². The number of nitrogens with zero attached hydrogens (tertiary/aromatic N) is 1. The lowest BCUT2D eigenvalue weighted by Crippen LogP contribution is -2.39. The van der Waals surface area contributed by atoms with E-state index in [1.54, 1.807) is 18.2 Å². The van der Waals surface area contributed by atoms with E-state index in [1.165, 1.54) is 7.11 Å². The van der Waals surface area contributed by atoms with Gasteiger partial charge in [-0.25, -0.2) is 0 Å². The predicted octanol–water partition coefficient (Wildman–Crippen LogP) is 1.14. The van der Waals surface area contributed by atoms with E-state index in [4.69, 9.17) is 20.9 Å². The van der Waals surface area contributed by atoms with Gasteiger partial charge in [-0.1, -0.05) is 0 Å². The van der Waals surface area contributed by atoms with E-state index >= 15 is 0 Å². The molecule has 1 aliphatic heterocycles. The summed E-state index contributed by atoms with van der Waals surface area (Å²) in [5.41, 5.74) is 12.9. The second kappa shape index (κ2) is 8.81. The molecule has 0 bridgehead atoms. The lowest BCUT2D eigenvalue weighted by Gasteiger charge is -2.22. The van der Waals surface area contributed by atoms with Gasteiger partial charge < -0.3 is 31.2 Å². The van der Waals surface area contributed by atoms with Crippen molar-refractivity contribution < 1.29 is 19.1 Å². The second-order valence-corrected chi connectivity index (χ2v) is 8.78. The zero-order valence-electron chi connectivity index (χ0n) is 17.5. The zero-order chi connectivity index (χ0) is 21.3. The highest BCUT2D eigenvalue weighted by atomic mass is 16.5. The molecule has 1 amide bonds. The third kappa shape index (κ3) is 4.54. The Bertz CT molecular complexity index is 783. The first-order valence-electron chi connectivity index (χ1n) is 10.9. The number of carbonyl (C=O) groups is 2. The number of benzene rings is 1. The van der Waals surface area contributed by atoms with E-state index in [-0.39, 0.29) is 24.0 Å². The molecule has 0 radical (unpaired) electrons. The number of methoxy groups -OCH3 is 1. The SMILES string of the molecule is COc1cc(C(=O)NC2C3CN(CC[C@H](N)C(=O)OC4CCCC4)CC32)ccc1N. The summed E-state index contributed by atoms with van der Waals surface area (Å²) in [4.78, 5) is 27.0. The molecule has 30 heavy (non-hydrogen) atoms. The standard InChI is InChI=1S/C22H32N4O4/c1-29-19-10-13(6-7-17(19)23)21(27)25-20-15-11-26(12-16(15)20)9-8-18(24)22(28)30-14-4-2-3-5-14/h6-7,10,14-16,18,20H,2-5,8-9,11-12,23-24H2,1H3,(H,25,27)/t15?,16?,18-,20?/m0/s1. The first-order chi connectivity index (χ1) is 14.5. The number of amides is 1. The van der Waals surface area contributed by atoms with Crippen LogP contribution in [0, 0.1) is 11.8 Å². The molecular weight excluding hydrogens is 384 g/mol. The summed E-state index contributed by atoms with van der Waals surface area (Å²) in [6, 6.07) is 4.71. The maximum Gasteiger partial charge on any atom is 0.323 e. The molecule has 1 aromatic rings. The number of nitrogens with one attached hydrogen (secondary N) is 1. The van der Waals surface area contributed by atoms with Crippen molar-refractivity contribution in [2.24, 2.45) is 17.6 Å². The lowest BCUT2D eigenvalue weighted by molar-refractivity contribution is -0.150. The van der Waals surface area contributed by atoms with Crippen molar-refractivity contribution in [2.45, 2.75) is 50.3 Å². The second-order valence-electron chi connectivity index (χ2n) is 8.78. The van der Waals surface area contributed by atoms with E-state index in [2.05, 4.69) is 10.2 Å². The number of likely N-dealkylation sites (tertiary alicyclic amines) is 1. The van der Waals surface area contributed by atoms with Crippen LogP contribution in [-0.2, 0) is 9.53 Å². The number of hydrogen-bond donors (Lipinski definition) is 3. The number of nitrogens with two attached hydrogens (primary N) is 2. The maximum absolute atomic E-state index is 12.5. The summed E-state index contributed by atoms with van der Waals surface area (Å²) in [6.45, 7) is 2.62. The fourth-order valence-electron chi connectivity index (χ4n) is 4.79. The van der Waals surface area contributed by atoms with Crippen LogP contribution >= 0.6 is 0 Å². The Hall–Kier alpha value is -2.32. The van der Waals surface area contributed by atoms with Crippen LogP contribution < -0.4 is 21.5 Å². The molecule has 2 aliphatic carbocycles. The van der Waals surface area contributed by atoms with Gasteiger partial charge in [0.1, 0.15) is 17.9 Å². The van der Waals surface area contributed by atoms with Gasteiger partial charge in [-0.15, -0.1) is 0 Å². The molecule has 4 rings (SSSR count). The van der Waals surface area contributed by atoms with E-state index in [1.807, 2.05) is 0 Å². The number of esters is 1. The average Bonchev–Trinajstić information content (AvgIpc) is 3.13.